The lowest BCUT2D eigenvalue weighted by Gasteiger charge is -2.25. The molecule has 5 rings (SSSR count). The number of aliphatic hydroxyl groups excluding tert-OH is 1. The van der Waals surface area contributed by atoms with Crippen molar-refractivity contribution >= 4 is 17.4 Å². The topological polar surface area (TPSA) is 100.0 Å². The highest BCUT2D eigenvalue weighted by atomic mass is 16.5. The van der Waals surface area contributed by atoms with Crippen LogP contribution in [0.15, 0.2) is 103 Å². The van der Waals surface area contributed by atoms with Gasteiger partial charge in [-0.05, 0) is 66.1 Å². The number of likely N-dealkylation sites (tertiary alicyclic amines) is 1. The lowest BCUT2D eigenvalue weighted by Crippen LogP contribution is -2.29. The van der Waals surface area contributed by atoms with E-state index in [1.165, 1.54) is 17.0 Å². The van der Waals surface area contributed by atoms with Crippen LogP contribution in [0.5, 0.6) is 11.5 Å². The van der Waals surface area contributed by atoms with Crippen molar-refractivity contribution in [3.63, 3.8) is 0 Å². The van der Waals surface area contributed by atoms with Gasteiger partial charge in [0.2, 0.25) is 0 Å². The predicted molar refractivity (Wildman–Crippen MR) is 142 cm³/mol. The van der Waals surface area contributed by atoms with E-state index in [-0.39, 0.29) is 23.6 Å². The fourth-order valence-electron chi connectivity index (χ4n) is 4.61. The molecule has 0 saturated carbocycles. The Labute approximate surface area is 220 Å². The molecule has 1 atom stereocenters. The molecule has 0 bridgehead atoms. The summed E-state index contributed by atoms with van der Waals surface area (Å²) in [7, 11) is 0. The number of hydrogen-bond acceptors (Lipinski definition) is 6. The lowest BCUT2D eigenvalue weighted by molar-refractivity contribution is -0.140. The minimum atomic E-state index is -0.889. The van der Waals surface area contributed by atoms with Gasteiger partial charge in [0.25, 0.3) is 11.7 Å². The average molecular weight is 507 g/mol. The van der Waals surface area contributed by atoms with Crippen molar-refractivity contribution in [2.45, 2.75) is 26.1 Å². The first kappa shape index (κ1) is 24.8. The van der Waals surface area contributed by atoms with Crippen LogP contribution in [0.1, 0.15) is 33.9 Å². The minimum absolute atomic E-state index is 0.00965. The molecule has 0 radical (unpaired) electrons. The zero-order valence-corrected chi connectivity index (χ0v) is 20.7. The normalized spacial score (nSPS) is 16.6. The van der Waals surface area contributed by atoms with Gasteiger partial charge in [-0.15, -0.1) is 0 Å². The fraction of sp³-hybridized carbons (Fsp3) is 0.129. The Morgan fingerprint density at radius 3 is 2.42 bits per heavy atom. The Morgan fingerprint density at radius 2 is 1.71 bits per heavy atom. The number of benzene rings is 3. The molecule has 1 aliphatic rings. The van der Waals surface area contributed by atoms with E-state index >= 15 is 0 Å². The number of ketones is 1. The molecule has 0 aliphatic carbocycles. The number of aryl methyl sites for hydroxylation is 1. The molecule has 0 spiro atoms. The summed E-state index contributed by atoms with van der Waals surface area (Å²) in [5.74, 6) is -1.23. The van der Waals surface area contributed by atoms with Crippen molar-refractivity contribution in [2.24, 2.45) is 0 Å². The van der Waals surface area contributed by atoms with Crippen LogP contribution in [-0.2, 0) is 22.7 Å². The van der Waals surface area contributed by atoms with Crippen LogP contribution >= 0.6 is 0 Å². The van der Waals surface area contributed by atoms with Crippen molar-refractivity contribution in [2.75, 3.05) is 0 Å². The number of aliphatic hydroxyl groups is 1. The molecule has 1 fully saturated rings. The number of phenols is 1. The van der Waals surface area contributed by atoms with Crippen molar-refractivity contribution < 1.29 is 24.5 Å². The van der Waals surface area contributed by atoms with Crippen LogP contribution in [0.25, 0.3) is 5.76 Å². The van der Waals surface area contributed by atoms with Crippen LogP contribution in [-0.4, -0.2) is 31.8 Å². The van der Waals surface area contributed by atoms with Crippen molar-refractivity contribution in [1.82, 2.24) is 9.88 Å². The number of aromatic hydroxyl groups is 1. The molecular formula is C31H26N2O5. The molecular weight excluding hydrogens is 480 g/mol. The molecule has 4 aromatic rings. The summed E-state index contributed by atoms with van der Waals surface area (Å²) in [6, 6.07) is 23.7. The third kappa shape index (κ3) is 5.13. The predicted octanol–water partition coefficient (Wildman–Crippen LogP) is 5.30. The minimum Gasteiger partial charge on any atom is -0.508 e. The van der Waals surface area contributed by atoms with E-state index in [4.69, 9.17) is 4.74 Å². The largest absolute Gasteiger partial charge is 0.508 e. The number of Topliss-reactive ketones (excluding diaryl/α,β-unsaturated/α-hetero) is 1. The lowest BCUT2D eigenvalue weighted by atomic mass is 9.95. The van der Waals surface area contributed by atoms with Gasteiger partial charge in [-0.2, -0.15) is 0 Å². The molecule has 2 N–H and O–H groups in total. The van der Waals surface area contributed by atoms with E-state index in [2.05, 4.69) is 4.98 Å². The van der Waals surface area contributed by atoms with Crippen LogP contribution in [0.2, 0.25) is 0 Å². The van der Waals surface area contributed by atoms with Gasteiger partial charge in [-0.3, -0.25) is 14.6 Å². The molecule has 1 aromatic heterocycles. The number of carbonyl (C=O) groups excluding carboxylic acids is 2. The summed E-state index contributed by atoms with van der Waals surface area (Å²) in [5, 5.41) is 21.4. The van der Waals surface area contributed by atoms with E-state index in [0.717, 1.165) is 16.7 Å². The second kappa shape index (κ2) is 10.6. The first-order valence-corrected chi connectivity index (χ1v) is 12.2. The van der Waals surface area contributed by atoms with Gasteiger partial charge in [0.05, 0.1) is 11.6 Å². The molecule has 190 valence electrons. The van der Waals surface area contributed by atoms with E-state index in [1.54, 1.807) is 60.9 Å². The first-order valence-electron chi connectivity index (χ1n) is 12.2. The van der Waals surface area contributed by atoms with Gasteiger partial charge in [0, 0.05) is 24.5 Å². The number of ether oxygens (including phenoxy) is 1. The highest BCUT2D eigenvalue weighted by molar-refractivity contribution is 6.46. The number of carbonyl (C=O) groups is 2. The van der Waals surface area contributed by atoms with Gasteiger partial charge in [0.15, 0.2) is 0 Å². The van der Waals surface area contributed by atoms with Crippen LogP contribution < -0.4 is 4.74 Å². The maximum Gasteiger partial charge on any atom is 0.295 e. The standard InChI is InChI=1S/C31H26N2O5/c1-20-5-2-6-21(15-20)19-38-26-12-10-23(11-13-26)29(35)27-28(24-8-3-9-25(34)16-24)33(31(37)30(27)36)18-22-7-4-14-32-17-22/h2-17,28,34-35H,18-19H2,1H3/b29-27+/t28-/m0/s1. The van der Waals surface area contributed by atoms with Gasteiger partial charge >= 0.3 is 0 Å². The fourth-order valence-corrected chi connectivity index (χ4v) is 4.61. The number of rotatable bonds is 7. The number of amides is 1. The van der Waals surface area contributed by atoms with Crippen LogP contribution in [0.4, 0.5) is 0 Å². The summed E-state index contributed by atoms with van der Waals surface area (Å²) in [5.41, 5.74) is 3.75. The summed E-state index contributed by atoms with van der Waals surface area (Å²) in [6.45, 7) is 2.52. The number of hydrogen-bond donors (Lipinski definition) is 2. The molecule has 1 aliphatic heterocycles. The summed E-state index contributed by atoms with van der Waals surface area (Å²) in [6.07, 6.45) is 3.24. The zero-order valence-electron chi connectivity index (χ0n) is 20.7. The van der Waals surface area contributed by atoms with Gasteiger partial charge in [-0.1, -0.05) is 48.0 Å². The maximum atomic E-state index is 13.2. The van der Waals surface area contributed by atoms with Crippen LogP contribution in [0, 0.1) is 6.92 Å². The molecule has 3 aromatic carbocycles. The highest BCUT2D eigenvalue weighted by Crippen LogP contribution is 2.41. The second-order valence-corrected chi connectivity index (χ2v) is 9.19. The Bertz CT molecular complexity index is 1510. The quantitative estimate of drug-likeness (QED) is 0.201. The molecule has 1 amide bonds. The Morgan fingerprint density at radius 1 is 0.947 bits per heavy atom. The third-order valence-electron chi connectivity index (χ3n) is 6.42. The highest BCUT2D eigenvalue weighted by Gasteiger charge is 2.46. The molecule has 1 saturated heterocycles. The number of phenolic OH excluding ortho intramolecular Hbond substituents is 1. The SMILES string of the molecule is Cc1cccc(COc2ccc(/C(O)=C3\C(=O)C(=O)N(Cc4cccnc4)[C@H]3c3cccc(O)c3)cc2)c1. The molecule has 2 heterocycles. The second-order valence-electron chi connectivity index (χ2n) is 9.19. The van der Waals surface area contributed by atoms with E-state index < -0.39 is 17.7 Å². The van der Waals surface area contributed by atoms with Gasteiger partial charge in [-0.25, -0.2) is 0 Å². The molecule has 0 unspecified atom stereocenters. The number of nitrogens with zero attached hydrogens (tertiary/aromatic N) is 2. The summed E-state index contributed by atoms with van der Waals surface area (Å²) >= 11 is 0. The van der Waals surface area contributed by atoms with E-state index in [0.29, 0.717) is 23.5 Å². The molecule has 7 heteroatoms. The maximum absolute atomic E-state index is 13.2. The number of pyridine rings is 1. The Hall–Kier alpha value is -4.91. The molecule has 38 heavy (non-hydrogen) atoms. The number of aromatic nitrogens is 1. The van der Waals surface area contributed by atoms with E-state index in [9.17, 15) is 19.8 Å². The third-order valence-corrected chi connectivity index (χ3v) is 6.42. The van der Waals surface area contributed by atoms with Crippen molar-refractivity contribution in [3.8, 4) is 11.5 Å². The monoisotopic (exact) mass is 506 g/mol. The van der Waals surface area contributed by atoms with Crippen LogP contribution in [0.3, 0.4) is 0 Å². The summed E-state index contributed by atoms with van der Waals surface area (Å²) in [4.78, 5) is 31.9. The summed E-state index contributed by atoms with van der Waals surface area (Å²) < 4.78 is 5.87. The molecule has 7 nitrogen and oxygen atoms in total. The first-order chi connectivity index (χ1) is 18.4. The van der Waals surface area contributed by atoms with Gasteiger partial charge in [0.1, 0.15) is 23.9 Å². The van der Waals surface area contributed by atoms with Gasteiger partial charge < -0.3 is 19.8 Å². The van der Waals surface area contributed by atoms with Crippen molar-refractivity contribution in [1.29, 1.82) is 0 Å². The zero-order chi connectivity index (χ0) is 26.6. The average Bonchev–Trinajstić information content (AvgIpc) is 3.17. The van der Waals surface area contributed by atoms with E-state index in [1.807, 2.05) is 31.2 Å². The smallest absolute Gasteiger partial charge is 0.295 e. The van der Waals surface area contributed by atoms with Crippen molar-refractivity contribution in [3.05, 3.63) is 131 Å². The Balaban J connectivity index is 1.47. The Kier molecular flexibility index (Phi) is 6.91.